The van der Waals surface area contributed by atoms with Crippen LogP contribution in [0, 0.1) is 13.8 Å². The number of rotatable bonds is 22. The topological polar surface area (TPSA) is 22.0 Å². The second kappa shape index (κ2) is 19.4. The van der Waals surface area contributed by atoms with Crippen molar-refractivity contribution in [2.75, 3.05) is 0 Å². The Labute approximate surface area is 201 Å². The van der Waals surface area contributed by atoms with E-state index in [1.165, 1.54) is 127 Å². The van der Waals surface area contributed by atoms with Crippen LogP contribution in [-0.4, -0.2) is 10.4 Å². The molecule has 1 aromatic heterocycles. The van der Waals surface area contributed by atoms with Gasteiger partial charge in [0.15, 0.2) is 5.78 Å². The lowest BCUT2D eigenvalue weighted by Crippen LogP contribution is -2.12. The summed E-state index contributed by atoms with van der Waals surface area (Å²) >= 11 is 0. The lowest BCUT2D eigenvalue weighted by Gasteiger charge is -2.12. The fourth-order valence-corrected chi connectivity index (χ4v) is 4.98. The summed E-state index contributed by atoms with van der Waals surface area (Å²) < 4.78 is 2.29. The standard InChI is InChI=1S/C30H55NO/c1-5-7-9-11-12-13-14-15-16-17-18-19-20-21-22-24-29(32)30-27(3)26-28(4)31(30)25-23-10-8-6-2/h26H,5-25H2,1-4H3. The molecule has 0 fully saturated rings. The van der Waals surface area contributed by atoms with E-state index in [-0.39, 0.29) is 0 Å². The van der Waals surface area contributed by atoms with Gasteiger partial charge in [-0.1, -0.05) is 123 Å². The third-order valence-corrected chi connectivity index (χ3v) is 7.00. The molecule has 0 aliphatic heterocycles. The third-order valence-electron chi connectivity index (χ3n) is 7.00. The zero-order valence-electron chi connectivity index (χ0n) is 22.3. The first-order chi connectivity index (χ1) is 15.6. The Morgan fingerprint density at radius 3 is 1.50 bits per heavy atom. The van der Waals surface area contributed by atoms with Crippen molar-refractivity contribution in [2.24, 2.45) is 0 Å². The molecule has 0 atom stereocenters. The highest BCUT2D eigenvalue weighted by atomic mass is 16.1. The lowest BCUT2D eigenvalue weighted by atomic mass is 10.0. The number of Topliss-reactive ketones (excluding diaryl/α,β-unsaturated/α-hetero) is 1. The van der Waals surface area contributed by atoms with E-state index in [1.807, 2.05) is 0 Å². The van der Waals surface area contributed by atoms with Crippen molar-refractivity contribution >= 4 is 5.78 Å². The van der Waals surface area contributed by atoms with Crippen LogP contribution in [0.15, 0.2) is 6.07 Å². The highest BCUT2D eigenvalue weighted by Crippen LogP contribution is 2.20. The van der Waals surface area contributed by atoms with Crippen LogP contribution in [-0.2, 0) is 6.54 Å². The molecule has 0 aliphatic rings. The van der Waals surface area contributed by atoms with Crippen LogP contribution >= 0.6 is 0 Å². The minimum Gasteiger partial charge on any atom is -0.342 e. The van der Waals surface area contributed by atoms with Gasteiger partial charge in [0, 0.05) is 18.7 Å². The number of hydrogen-bond acceptors (Lipinski definition) is 1. The summed E-state index contributed by atoms with van der Waals surface area (Å²) in [6, 6.07) is 2.19. The van der Waals surface area contributed by atoms with E-state index < -0.39 is 0 Å². The molecule has 2 heteroatoms. The van der Waals surface area contributed by atoms with E-state index in [9.17, 15) is 4.79 Å². The molecule has 186 valence electrons. The molecule has 0 aliphatic carbocycles. The Kier molecular flexibility index (Phi) is 17.6. The zero-order valence-corrected chi connectivity index (χ0v) is 22.3. The summed E-state index contributed by atoms with van der Waals surface area (Å²) in [6.07, 6.45) is 26.2. The minimum absolute atomic E-state index is 0.362. The van der Waals surface area contributed by atoms with Crippen LogP contribution in [0.25, 0.3) is 0 Å². The lowest BCUT2D eigenvalue weighted by molar-refractivity contribution is 0.0969. The molecule has 0 aromatic carbocycles. The van der Waals surface area contributed by atoms with Crippen LogP contribution in [0.3, 0.4) is 0 Å². The SMILES string of the molecule is CCCCCCCCCCCCCCCCCC(=O)c1c(C)cc(C)n1CCCCCC. The number of carbonyl (C=O) groups excluding carboxylic acids is 1. The van der Waals surface area contributed by atoms with Crippen molar-refractivity contribution in [1.82, 2.24) is 4.57 Å². The Balaban J connectivity index is 2.07. The number of carbonyl (C=O) groups is 1. The summed E-state index contributed by atoms with van der Waals surface area (Å²) in [4.78, 5) is 12.9. The molecular weight excluding hydrogens is 390 g/mol. The average molecular weight is 446 g/mol. The number of aromatic nitrogens is 1. The van der Waals surface area contributed by atoms with Gasteiger partial charge < -0.3 is 4.57 Å². The van der Waals surface area contributed by atoms with Crippen LogP contribution < -0.4 is 0 Å². The minimum atomic E-state index is 0.362. The molecule has 32 heavy (non-hydrogen) atoms. The Bertz CT molecular complexity index is 586. The number of unbranched alkanes of at least 4 members (excludes halogenated alkanes) is 17. The van der Waals surface area contributed by atoms with Gasteiger partial charge in [0.05, 0.1) is 5.69 Å². The van der Waals surface area contributed by atoms with Gasteiger partial charge in [-0.15, -0.1) is 0 Å². The second-order valence-electron chi connectivity index (χ2n) is 10.2. The number of ketones is 1. The third kappa shape index (κ3) is 12.9. The fraction of sp³-hybridized carbons (Fsp3) is 0.833. The van der Waals surface area contributed by atoms with Crippen LogP contribution in [0.5, 0.6) is 0 Å². The monoisotopic (exact) mass is 445 g/mol. The predicted octanol–water partition coefficient (Wildman–Crippen LogP) is 10.1. The van der Waals surface area contributed by atoms with E-state index in [0.29, 0.717) is 5.78 Å². The summed E-state index contributed by atoms with van der Waals surface area (Å²) in [5.74, 6) is 0.362. The molecule has 0 N–H and O–H groups in total. The summed E-state index contributed by atoms with van der Waals surface area (Å²) in [5, 5.41) is 0. The molecule has 1 rings (SSSR count). The molecular formula is C30H55NO. The van der Waals surface area contributed by atoms with Crippen molar-refractivity contribution < 1.29 is 4.79 Å². The normalized spacial score (nSPS) is 11.4. The van der Waals surface area contributed by atoms with Gasteiger partial charge in [0.1, 0.15) is 0 Å². The fourth-order valence-electron chi connectivity index (χ4n) is 4.98. The van der Waals surface area contributed by atoms with E-state index in [0.717, 1.165) is 25.1 Å². The molecule has 0 spiro atoms. The van der Waals surface area contributed by atoms with Gasteiger partial charge in [0.25, 0.3) is 0 Å². The average Bonchev–Trinajstić information content (AvgIpc) is 3.06. The molecule has 0 amide bonds. The van der Waals surface area contributed by atoms with Crippen molar-refractivity contribution in [3.63, 3.8) is 0 Å². The first-order valence-corrected chi connectivity index (χ1v) is 14.3. The molecule has 0 bridgehead atoms. The van der Waals surface area contributed by atoms with Crippen LogP contribution in [0.4, 0.5) is 0 Å². The molecule has 0 saturated heterocycles. The highest BCUT2D eigenvalue weighted by Gasteiger charge is 2.16. The maximum absolute atomic E-state index is 12.9. The predicted molar refractivity (Wildman–Crippen MR) is 142 cm³/mol. The molecule has 0 saturated carbocycles. The van der Waals surface area contributed by atoms with Gasteiger partial charge in [-0.25, -0.2) is 0 Å². The summed E-state index contributed by atoms with van der Waals surface area (Å²) in [5.41, 5.74) is 3.41. The number of nitrogens with zero attached hydrogens (tertiary/aromatic N) is 1. The molecule has 1 heterocycles. The Hall–Kier alpha value is -1.05. The zero-order chi connectivity index (χ0) is 23.4. The smallest absolute Gasteiger partial charge is 0.179 e. The Morgan fingerprint density at radius 1 is 0.625 bits per heavy atom. The molecule has 0 unspecified atom stereocenters. The van der Waals surface area contributed by atoms with Crippen molar-refractivity contribution in [2.45, 2.75) is 163 Å². The van der Waals surface area contributed by atoms with E-state index in [1.54, 1.807) is 0 Å². The Morgan fingerprint density at radius 2 is 1.03 bits per heavy atom. The largest absolute Gasteiger partial charge is 0.342 e. The first-order valence-electron chi connectivity index (χ1n) is 14.3. The molecule has 2 nitrogen and oxygen atoms in total. The maximum atomic E-state index is 12.9. The van der Waals surface area contributed by atoms with Crippen molar-refractivity contribution in [1.29, 1.82) is 0 Å². The number of aryl methyl sites for hydroxylation is 2. The summed E-state index contributed by atoms with van der Waals surface area (Å²) in [6.45, 7) is 9.79. The van der Waals surface area contributed by atoms with Crippen molar-refractivity contribution in [3.05, 3.63) is 23.0 Å². The molecule has 1 aromatic rings. The van der Waals surface area contributed by atoms with Gasteiger partial charge in [0.2, 0.25) is 0 Å². The maximum Gasteiger partial charge on any atom is 0.179 e. The quantitative estimate of drug-likeness (QED) is 0.128. The number of hydrogen-bond donors (Lipinski definition) is 0. The second-order valence-corrected chi connectivity index (χ2v) is 10.2. The first kappa shape index (κ1) is 29.0. The van der Waals surface area contributed by atoms with Gasteiger partial charge in [-0.3, -0.25) is 4.79 Å². The highest BCUT2D eigenvalue weighted by molar-refractivity contribution is 5.96. The van der Waals surface area contributed by atoms with E-state index in [4.69, 9.17) is 0 Å². The van der Waals surface area contributed by atoms with Gasteiger partial charge >= 0.3 is 0 Å². The summed E-state index contributed by atoms with van der Waals surface area (Å²) in [7, 11) is 0. The van der Waals surface area contributed by atoms with Crippen LogP contribution in [0.2, 0.25) is 0 Å². The van der Waals surface area contributed by atoms with Crippen molar-refractivity contribution in [3.8, 4) is 0 Å². The van der Waals surface area contributed by atoms with Crippen LogP contribution in [0.1, 0.15) is 164 Å². The van der Waals surface area contributed by atoms with E-state index in [2.05, 4.69) is 38.3 Å². The van der Waals surface area contributed by atoms with Gasteiger partial charge in [-0.05, 0) is 38.3 Å². The van der Waals surface area contributed by atoms with Gasteiger partial charge in [-0.2, -0.15) is 0 Å². The molecule has 0 radical (unpaired) electrons. The van der Waals surface area contributed by atoms with E-state index >= 15 is 0 Å².